The number of rotatable bonds is 5. The number of aryl methyl sites for hydroxylation is 1. The Balaban J connectivity index is 1.44. The van der Waals surface area contributed by atoms with Crippen molar-refractivity contribution in [2.75, 3.05) is 6.79 Å². The lowest BCUT2D eigenvalue weighted by atomic mass is 10.0. The Hall–Kier alpha value is -4.06. The van der Waals surface area contributed by atoms with Gasteiger partial charge in [-0.2, -0.15) is 0 Å². The topological polar surface area (TPSA) is 69.0 Å². The molecule has 154 valence electrons. The van der Waals surface area contributed by atoms with E-state index in [0.29, 0.717) is 17.2 Å². The van der Waals surface area contributed by atoms with Crippen LogP contribution in [-0.2, 0) is 11.3 Å². The number of benzene rings is 2. The van der Waals surface area contributed by atoms with Crippen molar-refractivity contribution in [1.82, 2.24) is 9.72 Å². The lowest BCUT2D eigenvalue weighted by Gasteiger charge is -2.08. The molecule has 1 aliphatic rings. The van der Waals surface area contributed by atoms with E-state index in [-0.39, 0.29) is 13.3 Å². The first-order valence-corrected chi connectivity index (χ1v) is 9.98. The number of ketones is 1. The molecule has 0 radical (unpaired) electrons. The highest BCUT2D eigenvalue weighted by Crippen LogP contribution is 2.32. The third-order valence-corrected chi connectivity index (χ3v) is 5.35. The van der Waals surface area contributed by atoms with Crippen molar-refractivity contribution >= 4 is 17.2 Å². The van der Waals surface area contributed by atoms with E-state index >= 15 is 0 Å². The van der Waals surface area contributed by atoms with Gasteiger partial charge in [-0.15, -0.1) is 0 Å². The minimum atomic E-state index is -0.658. The zero-order chi connectivity index (χ0) is 21.4. The summed E-state index contributed by atoms with van der Waals surface area (Å²) in [4.78, 5) is 26.0. The molecule has 0 atom stereocenters. The molecule has 2 aromatic carbocycles. The Morgan fingerprint density at radius 2 is 1.77 bits per heavy atom. The van der Waals surface area contributed by atoms with Crippen LogP contribution < -0.4 is 14.8 Å². The van der Waals surface area contributed by atoms with Crippen LogP contribution in [0.15, 0.2) is 72.9 Å². The van der Waals surface area contributed by atoms with Gasteiger partial charge in [0.25, 0.3) is 11.7 Å². The number of amides is 1. The summed E-state index contributed by atoms with van der Waals surface area (Å²) >= 11 is 0. The monoisotopic (exact) mass is 412 g/mol. The molecule has 0 saturated heterocycles. The minimum Gasteiger partial charge on any atom is -0.454 e. The quantitative estimate of drug-likeness (QED) is 0.395. The number of Topliss-reactive ketones (excluding diaryl/α,β-unsaturated/α-hetero) is 1. The Morgan fingerprint density at radius 3 is 2.61 bits per heavy atom. The van der Waals surface area contributed by atoms with Crippen molar-refractivity contribution in [1.29, 1.82) is 0 Å². The number of nitrogens with zero attached hydrogens (tertiary/aromatic N) is 1. The number of ether oxygens (including phenoxy) is 2. The Bertz CT molecular complexity index is 1310. The molecule has 4 aromatic rings. The molecular formula is C25H20N2O4. The predicted octanol–water partition coefficient (Wildman–Crippen LogP) is 4.14. The largest absolute Gasteiger partial charge is 0.454 e. The third kappa shape index (κ3) is 3.53. The van der Waals surface area contributed by atoms with Crippen LogP contribution in [0.3, 0.4) is 0 Å². The number of pyridine rings is 1. The first-order chi connectivity index (χ1) is 15.1. The first-order valence-electron chi connectivity index (χ1n) is 9.98. The summed E-state index contributed by atoms with van der Waals surface area (Å²) in [5, 5.41) is 2.73. The van der Waals surface area contributed by atoms with Crippen molar-refractivity contribution in [3.05, 3.63) is 89.7 Å². The second-order valence-corrected chi connectivity index (χ2v) is 7.47. The maximum Gasteiger partial charge on any atom is 0.294 e. The van der Waals surface area contributed by atoms with Gasteiger partial charge in [-0.05, 0) is 48.4 Å². The predicted molar refractivity (Wildman–Crippen MR) is 116 cm³/mol. The van der Waals surface area contributed by atoms with Crippen LogP contribution in [0.4, 0.5) is 0 Å². The molecule has 6 heteroatoms. The molecule has 1 N–H and O–H groups in total. The van der Waals surface area contributed by atoms with E-state index in [1.54, 1.807) is 22.7 Å². The van der Waals surface area contributed by atoms with Gasteiger partial charge in [-0.1, -0.05) is 42.0 Å². The summed E-state index contributed by atoms with van der Waals surface area (Å²) in [7, 11) is 0. The second-order valence-electron chi connectivity index (χ2n) is 7.47. The maximum atomic E-state index is 13.2. The number of fused-ring (bicyclic) bond motifs is 2. The molecule has 1 aliphatic heterocycles. The van der Waals surface area contributed by atoms with Crippen LogP contribution in [0.2, 0.25) is 0 Å². The summed E-state index contributed by atoms with van der Waals surface area (Å²) in [5.74, 6) is 0.0725. The van der Waals surface area contributed by atoms with Gasteiger partial charge in [0.15, 0.2) is 11.5 Å². The van der Waals surface area contributed by atoms with Crippen LogP contribution in [0, 0.1) is 6.92 Å². The van der Waals surface area contributed by atoms with E-state index in [4.69, 9.17) is 9.47 Å². The Labute approximate surface area is 179 Å². The fraction of sp³-hybridized carbons (Fsp3) is 0.120. The summed E-state index contributed by atoms with van der Waals surface area (Å²) in [5.41, 5.74) is 4.77. The Morgan fingerprint density at radius 1 is 0.968 bits per heavy atom. The average Bonchev–Trinajstić information content (AvgIpc) is 3.41. The summed E-state index contributed by atoms with van der Waals surface area (Å²) < 4.78 is 12.4. The lowest BCUT2D eigenvalue weighted by molar-refractivity contribution is -0.117. The van der Waals surface area contributed by atoms with Crippen LogP contribution >= 0.6 is 0 Å². The number of carbonyl (C=O) groups is 2. The fourth-order valence-corrected chi connectivity index (χ4v) is 3.73. The average molecular weight is 412 g/mol. The molecule has 0 unspecified atom stereocenters. The van der Waals surface area contributed by atoms with Gasteiger partial charge in [0, 0.05) is 23.8 Å². The molecule has 1 amide bonds. The first kappa shape index (κ1) is 18.9. The van der Waals surface area contributed by atoms with E-state index in [0.717, 1.165) is 27.8 Å². The van der Waals surface area contributed by atoms with E-state index in [2.05, 4.69) is 5.32 Å². The van der Waals surface area contributed by atoms with Gasteiger partial charge < -0.3 is 19.2 Å². The lowest BCUT2D eigenvalue weighted by Crippen LogP contribution is -2.31. The second kappa shape index (κ2) is 7.65. The molecular weight excluding hydrogens is 392 g/mol. The smallest absolute Gasteiger partial charge is 0.294 e. The molecule has 31 heavy (non-hydrogen) atoms. The van der Waals surface area contributed by atoms with Crippen molar-refractivity contribution in [3.63, 3.8) is 0 Å². The van der Waals surface area contributed by atoms with Gasteiger partial charge in [0.1, 0.15) is 5.69 Å². The van der Waals surface area contributed by atoms with E-state index in [1.165, 1.54) is 0 Å². The van der Waals surface area contributed by atoms with Crippen molar-refractivity contribution in [2.45, 2.75) is 13.5 Å². The van der Waals surface area contributed by atoms with E-state index < -0.39 is 11.7 Å². The zero-order valence-corrected chi connectivity index (χ0v) is 16.9. The summed E-state index contributed by atoms with van der Waals surface area (Å²) in [6.45, 7) is 2.41. The van der Waals surface area contributed by atoms with Gasteiger partial charge in [0.2, 0.25) is 6.79 Å². The third-order valence-electron chi connectivity index (χ3n) is 5.35. The summed E-state index contributed by atoms with van der Waals surface area (Å²) in [6.07, 6.45) is 1.80. The minimum absolute atomic E-state index is 0.187. The number of hydrogen-bond donors (Lipinski definition) is 1. The van der Waals surface area contributed by atoms with E-state index in [9.17, 15) is 9.59 Å². The van der Waals surface area contributed by atoms with Gasteiger partial charge in [0.05, 0.1) is 0 Å². The fourth-order valence-electron chi connectivity index (χ4n) is 3.73. The molecule has 3 heterocycles. The molecule has 2 aromatic heterocycles. The standard InChI is InChI=1S/C25H20N2O4/c1-16-5-8-18(9-6-16)20-13-19-4-2-3-11-27(19)23(20)24(28)25(29)26-14-17-7-10-21-22(12-17)31-15-30-21/h2-13H,14-15H2,1H3,(H,26,29). The van der Waals surface area contributed by atoms with Crippen LogP contribution in [0.5, 0.6) is 11.5 Å². The maximum absolute atomic E-state index is 13.2. The highest BCUT2D eigenvalue weighted by Gasteiger charge is 2.24. The van der Waals surface area contributed by atoms with Crippen LogP contribution in [0.25, 0.3) is 16.6 Å². The molecule has 6 nitrogen and oxygen atoms in total. The molecule has 0 spiro atoms. The molecule has 0 fully saturated rings. The Kier molecular flexibility index (Phi) is 4.67. The number of hydrogen-bond acceptors (Lipinski definition) is 4. The molecule has 0 saturated carbocycles. The van der Waals surface area contributed by atoms with E-state index in [1.807, 2.05) is 61.5 Å². The van der Waals surface area contributed by atoms with Crippen molar-refractivity contribution in [3.8, 4) is 22.6 Å². The molecule has 0 bridgehead atoms. The SMILES string of the molecule is Cc1ccc(-c2cc3ccccn3c2C(=O)C(=O)NCc2ccc3c(c2)OCO3)cc1. The zero-order valence-electron chi connectivity index (χ0n) is 16.9. The number of carbonyl (C=O) groups excluding carboxylic acids is 2. The highest BCUT2D eigenvalue weighted by atomic mass is 16.7. The van der Waals surface area contributed by atoms with Crippen LogP contribution in [-0.4, -0.2) is 22.9 Å². The van der Waals surface area contributed by atoms with Gasteiger partial charge in [-0.25, -0.2) is 0 Å². The number of nitrogens with one attached hydrogen (secondary N) is 1. The van der Waals surface area contributed by atoms with Crippen molar-refractivity contribution < 1.29 is 19.1 Å². The van der Waals surface area contributed by atoms with Gasteiger partial charge in [-0.3, -0.25) is 9.59 Å². The van der Waals surface area contributed by atoms with Gasteiger partial charge >= 0.3 is 0 Å². The molecule has 0 aliphatic carbocycles. The van der Waals surface area contributed by atoms with Crippen LogP contribution in [0.1, 0.15) is 21.6 Å². The summed E-state index contributed by atoms with van der Waals surface area (Å²) in [6, 6.07) is 20.9. The van der Waals surface area contributed by atoms with Crippen molar-refractivity contribution in [2.24, 2.45) is 0 Å². The molecule has 5 rings (SSSR count). The normalized spacial score (nSPS) is 12.2. The highest BCUT2D eigenvalue weighted by molar-refractivity contribution is 6.43. The number of aromatic nitrogens is 1.